The molecule has 0 aliphatic heterocycles. The van der Waals surface area contributed by atoms with Crippen LogP contribution in [0.25, 0.3) is 0 Å². The van der Waals surface area contributed by atoms with E-state index in [1.807, 2.05) is 13.0 Å². The Hall–Kier alpha value is -2.25. The number of carbonyl (C=O) groups excluding carboxylic acids is 2. The summed E-state index contributed by atoms with van der Waals surface area (Å²) in [6.07, 6.45) is 10.2. The summed E-state index contributed by atoms with van der Waals surface area (Å²) in [6.45, 7) is 3.31. The second-order valence-corrected chi connectivity index (χ2v) is 10.8. The van der Waals surface area contributed by atoms with Crippen molar-refractivity contribution in [2.45, 2.75) is 82.0 Å². The van der Waals surface area contributed by atoms with E-state index in [-0.39, 0.29) is 11.8 Å². The van der Waals surface area contributed by atoms with Crippen molar-refractivity contribution in [2.24, 2.45) is 22.7 Å². The van der Waals surface area contributed by atoms with Gasteiger partial charge >= 0.3 is 11.6 Å². The van der Waals surface area contributed by atoms with E-state index in [2.05, 4.69) is 0 Å². The highest BCUT2D eigenvalue weighted by Crippen LogP contribution is 2.72. The molecular formula is C26H32O7. The zero-order chi connectivity index (χ0) is 23.7. The van der Waals surface area contributed by atoms with Crippen LogP contribution in [0, 0.1) is 22.7 Å². The van der Waals surface area contributed by atoms with Crippen molar-refractivity contribution < 1.29 is 29.0 Å². The average Bonchev–Trinajstić information content (AvgIpc) is 3.01. The van der Waals surface area contributed by atoms with E-state index < -0.39 is 39.2 Å². The molecule has 3 saturated carbocycles. The van der Waals surface area contributed by atoms with E-state index in [1.165, 1.54) is 19.3 Å². The fraction of sp³-hybridized carbons (Fsp3) is 0.654. The summed E-state index contributed by atoms with van der Waals surface area (Å²) in [4.78, 5) is 36.5. The van der Waals surface area contributed by atoms with E-state index in [0.717, 1.165) is 12.7 Å². The molecule has 2 N–H and O–H groups in total. The Balaban J connectivity index is 1.63. The van der Waals surface area contributed by atoms with E-state index >= 15 is 0 Å². The molecule has 7 nitrogen and oxygen atoms in total. The Bertz CT molecular complexity index is 1060. The lowest BCUT2D eigenvalue weighted by molar-refractivity contribution is -0.252. The third kappa shape index (κ3) is 2.66. The normalized spacial score (nSPS) is 46.1. The van der Waals surface area contributed by atoms with Crippen LogP contribution in [0.1, 0.15) is 70.8 Å². The first-order chi connectivity index (χ1) is 15.6. The van der Waals surface area contributed by atoms with Crippen LogP contribution in [0.4, 0.5) is 0 Å². The van der Waals surface area contributed by atoms with Crippen LogP contribution >= 0.6 is 0 Å². The summed E-state index contributed by atoms with van der Waals surface area (Å²) >= 11 is 0. The van der Waals surface area contributed by atoms with Gasteiger partial charge in [0, 0.05) is 24.0 Å². The molecule has 0 radical (unpaired) electrons. The van der Waals surface area contributed by atoms with Gasteiger partial charge in [-0.2, -0.15) is 0 Å². The third-order valence-corrected chi connectivity index (χ3v) is 9.88. The first kappa shape index (κ1) is 22.5. The second-order valence-electron chi connectivity index (χ2n) is 10.8. The molecule has 178 valence electrons. The van der Waals surface area contributed by atoms with Crippen molar-refractivity contribution in [3.63, 3.8) is 0 Å². The maximum atomic E-state index is 12.6. The van der Waals surface area contributed by atoms with Gasteiger partial charge in [-0.25, -0.2) is 4.79 Å². The molecule has 5 rings (SSSR count). The summed E-state index contributed by atoms with van der Waals surface area (Å²) < 4.78 is 11.2. The van der Waals surface area contributed by atoms with E-state index in [9.17, 15) is 24.6 Å². The van der Waals surface area contributed by atoms with Crippen molar-refractivity contribution in [3.05, 3.63) is 46.5 Å². The van der Waals surface area contributed by atoms with Gasteiger partial charge in [-0.1, -0.05) is 19.1 Å². The van der Waals surface area contributed by atoms with Gasteiger partial charge in [0.15, 0.2) is 0 Å². The highest BCUT2D eigenvalue weighted by Gasteiger charge is 2.75. The average molecular weight is 457 g/mol. The number of hydrogen-bond donors (Lipinski definition) is 2. The minimum absolute atomic E-state index is 0.168. The van der Waals surface area contributed by atoms with Crippen LogP contribution in [0.5, 0.6) is 0 Å². The van der Waals surface area contributed by atoms with Crippen LogP contribution in [0.3, 0.4) is 0 Å². The fourth-order valence-electron chi connectivity index (χ4n) is 8.25. The first-order valence-electron chi connectivity index (χ1n) is 12.0. The maximum absolute atomic E-state index is 12.6. The Labute approximate surface area is 192 Å². The number of aliphatic hydroxyl groups is 2. The van der Waals surface area contributed by atoms with Crippen LogP contribution in [-0.2, 0) is 19.9 Å². The second kappa shape index (κ2) is 7.12. The number of ether oxygens (including phenoxy) is 1. The lowest BCUT2D eigenvalue weighted by Gasteiger charge is -2.64. The number of hydrogen-bond acceptors (Lipinski definition) is 7. The van der Waals surface area contributed by atoms with Crippen LogP contribution < -0.4 is 5.63 Å². The van der Waals surface area contributed by atoms with Crippen molar-refractivity contribution in [1.29, 1.82) is 0 Å². The van der Waals surface area contributed by atoms with Gasteiger partial charge in [-0.15, -0.1) is 0 Å². The van der Waals surface area contributed by atoms with Crippen LogP contribution in [0.2, 0.25) is 0 Å². The molecule has 0 amide bonds. The number of allylic oxidation sites excluding steroid dienone is 1. The molecule has 0 saturated heterocycles. The van der Waals surface area contributed by atoms with Crippen molar-refractivity contribution >= 4 is 12.3 Å². The molecule has 0 aromatic carbocycles. The molecule has 0 unspecified atom stereocenters. The zero-order valence-electron chi connectivity index (χ0n) is 19.2. The summed E-state index contributed by atoms with van der Waals surface area (Å²) in [5.41, 5.74) is -5.25. The van der Waals surface area contributed by atoms with Gasteiger partial charge in [-0.05, 0) is 69.3 Å². The lowest BCUT2D eigenvalue weighted by Crippen LogP contribution is -2.68. The summed E-state index contributed by atoms with van der Waals surface area (Å²) in [6, 6.07) is 2.93. The molecule has 1 aromatic heterocycles. The van der Waals surface area contributed by atoms with Gasteiger partial charge in [0.2, 0.25) is 0 Å². The molecule has 1 heterocycles. The minimum Gasteiger partial charge on any atom is -0.454 e. The predicted molar refractivity (Wildman–Crippen MR) is 118 cm³/mol. The summed E-state index contributed by atoms with van der Waals surface area (Å²) in [5.74, 6) is -0.853. The zero-order valence-corrected chi connectivity index (χ0v) is 19.2. The molecule has 4 aliphatic carbocycles. The lowest BCUT2D eigenvalue weighted by atomic mass is 9.42. The molecule has 0 spiro atoms. The molecule has 7 atom stereocenters. The Morgan fingerprint density at radius 2 is 1.88 bits per heavy atom. The van der Waals surface area contributed by atoms with Crippen LogP contribution in [0.15, 0.2) is 39.8 Å². The number of rotatable bonds is 3. The minimum atomic E-state index is -1.21. The highest BCUT2D eigenvalue weighted by molar-refractivity contribution is 5.67. The van der Waals surface area contributed by atoms with Gasteiger partial charge < -0.3 is 24.2 Å². The topological polar surface area (TPSA) is 114 Å². The standard InChI is InChI=1S/C26H32O7/c1-17(28)33-26(18-5-6-21(29)32-15-18)14-13-25(31)20-8-12-24(30)10-4-3-9-23(24,16-27)19(20)7-11-22(25,26)2/h4-6,10,15-16,19-20,30-31H,3,7-9,11-14H2,1-2H3/t19-,20-,22-,23-,24+,25-,26+/m0/s1. The molecule has 0 bridgehead atoms. The number of esters is 1. The number of fused-ring (bicyclic) bond motifs is 5. The summed E-state index contributed by atoms with van der Waals surface area (Å²) in [7, 11) is 0. The Kier molecular flexibility index (Phi) is 4.87. The van der Waals surface area contributed by atoms with E-state index in [0.29, 0.717) is 50.5 Å². The van der Waals surface area contributed by atoms with Gasteiger partial charge in [-0.3, -0.25) is 4.79 Å². The molecule has 33 heavy (non-hydrogen) atoms. The molecular weight excluding hydrogens is 424 g/mol. The number of carbonyl (C=O) groups is 2. The Morgan fingerprint density at radius 1 is 1.12 bits per heavy atom. The predicted octanol–water partition coefficient (Wildman–Crippen LogP) is 3.02. The van der Waals surface area contributed by atoms with Crippen molar-refractivity contribution in [2.75, 3.05) is 0 Å². The Morgan fingerprint density at radius 3 is 2.55 bits per heavy atom. The smallest absolute Gasteiger partial charge is 0.335 e. The largest absolute Gasteiger partial charge is 0.454 e. The molecule has 4 aliphatic rings. The maximum Gasteiger partial charge on any atom is 0.335 e. The van der Waals surface area contributed by atoms with Gasteiger partial charge in [0.25, 0.3) is 0 Å². The summed E-state index contributed by atoms with van der Waals surface area (Å²) in [5, 5.41) is 23.9. The number of aldehydes is 1. The molecule has 1 aromatic rings. The van der Waals surface area contributed by atoms with Crippen molar-refractivity contribution in [1.82, 2.24) is 0 Å². The SMILES string of the molecule is CC(=O)O[C@@]1(c2ccc(=O)oc2)CC[C@]2(O)[C@H]3CC[C@]4(O)C=CCC[C@]4(C=O)[C@H]3CC[C@]12C. The van der Waals surface area contributed by atoms with Crippen LogP contribution in [-0.4, -0.2) is 33.7 Å². The fourth-order valence-corrected chi connectivity index (χ4v) is 8.25. The van der Waals surface area contributed by atoms with Crippen molar-refractivity contribution in [3.8, 4) is 0 Å². The third-order valence-electron chi connectivity index (χ3n) is 9.88. The molecule has 3 fully saturated rings. The van der Waals surface area contributed by atoms with E-state index in [4.69, 9.17) is 9.15 Å². The highest BCUT2D eigenvalue weighted by atomic mass is 16.6. The first-order valence-corrected chi connectivity index (χ1v) is 12.0. The monoisotopic (exact) mass is 456 g/mol. The van der Waals surface area contributed by atoms with Gasteiger partial charge in [0.05, 0.1) is 16.6 Å². The quantitative estimate of drug-likeness (QED) is 0.408. The molecule has 7 heteroatoms. The van der Waals surface area contributed by atoms with Gasteiger partial charge in [0.1, 0.15) is 18.2 Å². The van der Waals surface area contributed by atoms with E-state index in [1.54, 1.807) is 12.1 Å².